The molecular weight excluding hydrogens is 102 g/mol. The lowest BCUT2D eigenvalue weighted by Crippen LogP contribution is -2.31. The van der Waals surface area contributed by atoms with Crippen molar-refractivity contribution in [2.75, 3.05) is 7.05 Å². The van der Waals surface area contributed by atoms with E-state index in [1.165, 1.54) is 0 Å². The van der Waals surface area contributed by atoms with Crippen LogP contribution in [0.1, 0.15) is 20.8 Å². The third-order valence-electron chi connectivity index (χ3n) is 0.908. The van der Waals surface area contributed by atoms with Crippen molar-refractivity contribution < 1.29 is 4.79 Å². The van der Waals surface area contributed by atoms with Gasteiger partial charge in [-0.2, -0.15) is 0 Å². The van der Waals surface area contributed by atoms with Gasteiger partial charge in [-0.25, -0.2) is 0 Å². The van der Waals surface area contributed by atoms with Gasteiger partial charge >= 0.3 is 0 Å². The smallest absolute Gasteiger partial charge is 0.225 e. The van der Waals surface area contributed by atoms with Gasteiger partial charge in [0.25, 0.3) is 0 Å². The van der Waals surface area contributed by atoms with Gasteiger partial charge in [0.2, 0.25) is 5.91 Å². The van der Waals surface area contributed by atoms with Gasteiger partial charge in [-0.1, -0.05) is 20.8 Å². The van der Waals surface area contributed by atoms with Gasteiger partial charge in [-0.05, 0) is 0 Å². The fourth-order valence-corrected chi connectivity index (χ4v) is 0.375. The Hall–Kier alpha value is -0.530. The Morgan fingerprint density at radius 1 is 1.38 bits per heavy atom. The largest absolute Gasteiger partial charge is 0.359 e. The van der Waals surface area contributed by atoms with Crippen LogP contribution in [0, 0.1) is 5.41 Å². The first kappa shape index (κ1) is 7.47. The van der Waals surface area contributed by atoms with Gasteiger partial charge in [0.15, 0.2) is 0 Å². The topological polar surface area (TPSA) is 29.1 Å². The van der Waals surface area contributed by atoms with Crippen LogP contribution in [0.15, 0.2) is 0 Å². The van der Waals surface area contributed by atoms with Crippen LogP contribution >= 0.6 is 0 Å². The average Bonchev–Trinajstić information content (AvgIpc) is 1.62. The van der Waals surface area contributed by atoms with Crippen molar-refractivity contribution in [3.8, 4) is 0 Å². The molecule has 0 heterocycles. The zero-order valence-corrected chi connectivity index (χ0v) is 5.91. The van der Waals surface area contributed by atoms with Crippen molar-refractivity contribution in [1.29, 1.82) is 0 Å². The molecule has 0 aliphatic heterocycles. The molecule has 0 unspecified atom stereocenters. The Kier molecular flexibility index (Phi) is 2.02. The first-order valence-electron chi connectivity index (χ1n) is 2.70. The molecule has 2 nitrogen and oxygen atoms in total. The maximum atomic E-state index is 10.7. The molecule has 0 spiro atoms. The fraction of sp³-hybridized carbons (Fsp3) is 0.833. The zero-order chi connectivity index (χ0) is 6.78. The predicted molar refractivity (Wildman–Crippen MR) is 33.5 cm³/mol. The molecule has 0 saturated carbocycles. The lowest BCUT2D eigenvalue weighted by Gasteiger charge is -2.14. The number of hydrogen-bond acceptors (Lipinski definition) is 1. The molecule has 0 radical (unpaired) electrons. The van der Waals surface area contributed by atoms with Gasteiger partial charge in [0.05, 0.1) is 0 Å². The maximum Gasteiger partial charge on any atom is 0.225 e. The minimum absolute atomic E-state index is 0.0810. The summed E-state index contributed by atoms with van der Waals surface area (Å²) in [4.78, 5) is 10.7. The summed E-state index contributed by atoms with van der Waals surface area (Å²) in [5, 5.41) is 2.57. The average molecular weight is 115 g/mol. The molecule has 1 N–H and O–H groups in total. The molecule has 0 aromatic carbocycles. The van der Waals surface area contributed by atoms with E-state index in [9.17, 15) is 4.79 Å². The van der Waals surface area contributed by atoms with Gasteiger partial charge in [0, 0.05) is 12.5 Å². The van der Waals surface area contributed by atoms with E-state index in [4.69, 9.17) is 0 Å². The van der Waals surface area contributed by atoms with Crippen molar-refractivity contribution in [3.05, 3.63) is 0 Å². The molecule has 0 aromatic heterocycles. The summed E-state index contributed by atoms with van der Waals surface area (Å²) in [6.45, 7) is 5.64. The van der Waals surface area contributed by atoms with Crippen molar-refractivity contribution in [2.45, 2.75) is 20.8 Å². The molecule has 0 fully saturated rings. The van der Waals surface area contributed by atoms with Crippen molar-refractivity contribution in [3.63, 3.8) is 0 Å². The summed E-state index contributed by atoms with van der Waals surface area (Å²) in [7, 11) is 1.65. The minimum atomic E-state index is -0.241. The molecule has 2 heteroatoms. The van der Waals surface area contributed by atoms with E-state index in [1.54, 1.807) is 7.05 Å². The van der Waals surface area contributed by atoms with Gasteiger partial charge in [-0.15, -0.1) is 0 Å². The summed E-state index contributed by atoms with van der Waals surface area (Å²) < 4.78 is 0. The highest BCUT2D eigenvalue weighted by atomic mass is 16.2. The molecule has 0 bridgehead atoms. The highest BCUT2D eigenvalue weighted by Gasteiger charge is 2.18. The van der Waals surface area contributed by atoms with Gasteiger partial charge < -0.3 is 5.32 Å². The Morgan fingerprint density at radius 2 is 1.75 bits per heavy atom. The number of hydrogen-bond donors (Lipinski definition) is 1. The van der Waals surface area contributed by atoms with Gasteiger partial charge in [0.1, 0.15) is 0 Å². The van der Waals surface area contributed by atoms with E-state index >= 15 is 0 Å². The SMILES string of the molecule is CNC(=O)C(C)(C)C. The van der Waals surface area contributed by atoms with Gasteiger partial charge in [-0.3, -0.25) is 4.79 Å². The van der Waals surface area contributed by atoms with Crippen LogP contribution < -0.4 is 5.32 Å². The van der Waals surface area contributed by atoms with E-state index in [1.807, 2.05) is 20.8 Å². The number of rotatable bonds is 0. The first-order chi connectivity index (χ1) is 3.48. The highest BCUT2D eigenvalue weighted by molar-refractivity contribution is 5.80. The third kappa shape index (κ3) is 1.96. The molecule has 1 amide bonds. The minimum Gasteiger partial charge on any atom is -0.359 e. The first-order valence-corrected chi connectivity index (χ1v) is 2.70. The summed E-state index contributed by atoms with van der Waals surface area (Å²) in [5.74, 6) is 0.0810. The molecule has 0 atom stereocenters. The second kappa shape index (κ2) is 2.16. The van der Waals surface area contributed by atoms with E-state index in [0.717, 1.165) is 0 Å². The Morgan fingerprint density at radius 3 is 1.75 bits per heavy atom. The van der Waals surface area contributed by atoms with E-state index in [2.05, 4.69) is 5.32 Å². The molecule has 48 valence electrons. The monoisotopic (exact) mass is 115 g/mol. The van der Waals surface area contributed by atoms with E-state index in [-0.39, 0.29) is 11.3 Å². The van der Waals surface area contributed by atoms with E-state index < -0.39 is 0 Å². The number of carbonyl (C=O) groups is 1. The molecule has 0 aromatic rings. The molecular formula is C6H13NO. The fourth-order valence-electron chi connectivity index (χ4n) is 0.375. The van der Waals surface area contributed by atoms with Crippen molar-refractivity contribution in [1.82, 2.24) is 5.32 Å². The quantitative estimate of drug-likeness (QED) is 0.496. The lowest BCUT2D eigenvalue weighted by molar-refractivity contribution is -0.127. The number of nitrogens with one attached hydrogen (secondary N) is 1. The van der Waals surface area contributed by atoms with Crippen LogP contribution in [0.25, 0.3) is 0 Å². The lowest BCUT2D eigenvalue weighted by atomic mass is 9.96. The van der Waals surface area contributed by atoms with E-state index in [0.29, 0.717) is 0 Å². The summed E-state index contributed by atoms with van der Waals surface area (Å²) in [5.41, 5.74) is -0.241. The normalized spacial score (nSPS) is 11.0. The molecule has 0 saturated heterocycles. The Balaban J connectivity index is 3.82. The highest BCUT2D eigenvalue weighted by Crippen LogP contribution is 2.11. The van der Waals surface area contributed by atoms with Crippen molar-refractivity contribution in [2.24, 2.45) is 5.41 Å². The summed E-state index contributed by atoms with van der Waals surface area (Å²) in [6, 6.07) is 0. The molecule has 0 rings (SSSR count). The predicted octanol–water partition coefficient (Wildman–Crippen LogP) is 0.778. The number of amides is 1. The van der Waals surface area contributed by atoms with Crippen molar-refractivity contribution >= 4 is 5.91 Å². The maximum absolute atomic E-state index is 10.7. The summed E-state index contributed by atoms with van der Waals surface area (Å²) in [6.07, 6.45) is 0. The van der Waals surface area contributed by atoms with Crippen LogP contribution in [-0.4, -0.2) is 13.0 Å². The molecule has 8 heavy (non-hydrogen) atoms. The summed E-state index contributed by atoms with van der Waals surface area (Å²) >= 11 is 0. The third-order valence-corrected chi connectivity index (χ3v) is 0.908. The van der Waals surface area contributed by atoms with Crippen LogP contribution in [0.4, 0.5) is 0 Å². The molecule has 0 aliphatic rings. The zero-order valence-electron chi connectivity index (χ0n) is 5.91. The Bertz CT molecular complexity index is 91.2. The number of carbonyl (C=O) groups excluding carboxylic acids is 1. The Labute approximate surface area is 50.3 Å². The molecule has 0 aliphatic carbocycles. The van der Waals surface area contributed by atoms with Crippen LogP contribution in [0.3, 0.4) is 0 Å². The standard InChI is InChI=1S/C6H13NO/c1-6(2,3)5(8)7-4/h1-4H3,(H,7,8). The second-order valence-corrected chi connectivity index (χ2v) is 2.83. The van der Waals surface area contributed by atoms with Crippen LogP contribution in [0.5, 0.6) is 0 Å². The van der Waals surface area contributed by atoms with Crippen LogP contribution in [-0.2, 0) is 4.79 Å². The van der Waals surface area contributed by atoms with Crippen LogP contribution in [0.2, 0.25) is 0 Å². The second-order valence-electron chi connectivity index (χ2n) is 2.83.